The molecule has 31 nitrogen and oxygen atoms in total. The van der Waals surface area contributed by atoms with Crippen LogP contribution in [0.15, 0.2) is 60.8 Å². The second-order valence-electron chi connectivity index (χ2n) is 22.4. The fraction of sp³-hybridized carbons (Fsp3) is 0.433. The lowest BCUT2D eigenvalue weighted by Gasteiger charge is -2.27. The topological polar surface area (TPSA) is 413 Å². The van der Waals surface area contributed by atoms with Gasteiger partial charge in [-0.15, -0.1) is 0 Å². The van der Waals surface area contributed by atoms with Gasteiger partial charge in [-0.1, -0.05) is 39.8 Å². The summed E-state index contributed by atoms with van der Waals surface area (Å²) in [6.07, 6.45) is 1.02. The van der Waals surface area contributed by atoms with Gasteiger partial charge in [-0.3, -0.25) is 53.3 Å². The number of hydrogen-bond acceptors (Lipinski definition) is 17. The number of imidazole rings is 2. The van der Waals surface area contributed by atoms with E-state index in [1.165, 1.54) is 53.0 Å². The molecule has 2 atom stereocenters. The summed E-state index contributed by atoms with van der Waals surface area (Å²) in [5.41, 5.74) is 20.5. The van der Waals surface area contributed by atoms with E-state index >= 15 is 0 Å². The van der Waals surface area contributed by atoms with Crippen LogP contribution < -0.4 is 53.8 Å². The molecule has 0 saturated heterocycles. The van der Waals surface area contributed by atoms with Gasteiger partial charge in [0.1, 0.15) is 35.1 Å². The number of carbonyl (C=O) groups excluding carboxylic acids is 9. The van der Waals surface area contributed by atoms with Gasteiger partial charge < -0.3 is 62.3 Å². The van der Waals surface area contributed by atoms with Crippen molar-refractivity contribution in [2.75, 3.05) is 49.7 Å². The van der Waals surface area contributed by atoms with Crippen LogP contribution in [0.4, 0.5) is 32.0 Å². The molecular formula is C60H80N20O11. The first kappa shape index (κ1) is 68.0. The van der Waals surface area contributed by atoms with Crippen LogP contribution in [0, 0.1) is 19.8 Å². The third-order valence-corrected chi connectivity index (χ3v) is 14.5. The molecule has 0 fully saturated rings. The maximum absolute atomic E-state index is 14.0. The fourth-order valence-corrected chi connectivity index (χ4v) is 9.83. The summed E-state index contributed by atoms with van der Waals surface area (Å²) in [7, 11) is 2.93. The summed E-state index contributed by atoms with van der Waals surface area (Å²) in [6.45, 7) is 16.0. The minimum Gasteiger partial charge on any atom is -0.445 e. The summed E-state index contributed by atoms with van der Waals surface area (Å²) >= 11 is 0. The highest BCUT2D eigenvalue weighted by Crippen LogP contribution is 2.33. The van der Waals surface area contributed by atoms with Crippen molar-refractivity contribution in [3.63, 3.8) is 0 Å². The fourth-order valence-electron chi connectivity index (χ4n) is 9.83. The zero-order chi connectivity index (χ0) is 66.4. The molecule has 5 aromatic heterocycles. The Morgan fingerprint density at radius 3 is 1.78 bits per heavy atom. The van der Waals surface area contributed by atoms with Crippen molar-refractivity contribution in [3.8, 4) is 5.75 Å². The highest BCUT2D eigenvalue weighted by Gasteiger charge is 2.29. The number of hydrogen-bond donors (Lipinski definition) is 9. The number of nitrogens with zero attached hydrogens (tertiary/aromatic N) is 11. The number of carbonyl (C=O) groups is 9. The van der Waals surface area contributed by atoms with E-state index in [-0.39, 0.29) is 109 Å². The SMILES string of the molecule is CCn1nc(C)cc1C(=O)Nc1nc2cc(C(N)=O)cnc2n1CCCCn1c(NC(=O)c2cc(C)nn2CC)nc2cc(C(N)=O)cc(OC(=O)N(C)CCN(C)C(=O)OCc3ccc(NC(=O)[C@H](CCCNC(N)=O)NC(=O)[C@@H](NC(C)C)C(C)C)cc3)c21. The van der Waals surface area contributed by atoms with E-state index in [4.69, 9.17) is 31.7 Å². The molecule has 2 aromatic carbocycles. The number of benzene rings is 2. The number of primary amides is 3. The normalized spacial score (nSPS) is 12.0. The Morgan fingerprint density at radius 2 is 1.22 bits per heavy atom. The quantitative estimate of drug-likeness (QED) is 0.0278. The van der Waals surface area contributed by atoms with Crippen LogP contribution in [-0.2, 0) is 47.1 Å². The van der Waals surface area contributed by atoms with Gasteiger partial charge in [-0.2, -0.15) is 10.2 Å². The zero-order valence-corrected chi connectivity index (χ0v) is 52.7. The zero-order valence-electron chi connectivity index (χ0n) is 52.7. The molecule has 31 heteroatoms. The largest absolute Gasteiger partial charge is 0.445 e. The molecule has 0 radical (unpaired) electrons. The van der Waals surface area contributed by atoms with Crippen LogP contribution >= 0.6 is 0 Å². The Morgan fingerprint density at radius 1 is 0.659 bits per heavy atom. The van der Waals surface area contributed by atoms with Gasteiger partial charge in [-0.05, 0) is 107 Å². The van der Waals surface area contributed by atoms with Crippen LogP contribution in [-0.4, -0.2) is 159 Å². The van der Waals surface area contributed by atoms with E-state index in [1.54, 1.807) is 64.1 Å². The smallest absolute Gasteiger partial charge is 0.415 e. The number of nitrogens with two attached hydrogens (primary N) is 3. The molecule has 0 unspecified atom stereocenters. The molecule has 7 rings (SSSR count). The first-order chi connectivity index (χ1) is 43.2. The number of ether oxygens (including phenoxy) is 2. The number of aromatic nitrogens is 9. The molecular weight excluding hydrogens is 1180 g/mol. The lowest BCUT2D eigenvalue weighted by Crippen LogP contribution is -2.54. The number of urea groups is 1. The van der Waals surface area contributed by atoms with Crippen LogP contribution in [0.3, 0.4) is 0 Å². The summed E-state index contributed by atoms with van der Waals surface area (Å²) in [5.74, 6) is -3.43. The first-order valence-corrected chi connectivity index (χ1v) is 29.8. The van der Waals surface area contributed by atoms with Crippen molar-refractivity contribution in [2.45, 2.75) is 132 Å². The minimum atomic E-state index is -0.941. The molecule has 0 spiro atoms. The van der Waals surface area contributed by atoms with Crippen LogP contribution in [0.2, 0.25) is 0 Å². The maximum Gasteiger partial charge on any atom is 0.415 e. The van der Waals surface area contributed by atoms with E-state index in [0.29, 0.717) is 71.8 Å². The number of pyridine rings is 1. The molecule has 0 aliphatic heterocycles. The van der Waals surface area contributed by atoms with E-state index in [1.807, 2.05) is 41.5 Å². The molecule has 486 valence electrons. The predicted octanol–water partition coefficient (Wildman–Crippen LogP) is 4.61. The number of rotatable bonds is 30. The Balaban J connectivity index is 1.03. The number of nitrogens with one attached hydrogen (secondary N) is 6. The summed E-state index contributed by atoms with van der Waals surface area (Å²) in [5, 5.41) is 26.0. The van der Waals surface area contributed by atoms with Crippen molar-refractivity contribution in [1.82, 2.24) is 69.4 Å². The van der Waals surface area contributed by atoms with E-state index in [2.05, 4.69) is 52.1 Å². The van der Waals surface area contributed by atoms with Gasteiger partial charge in [0.25, 0.3) is 11.8 Å². The van der Waals surface area contributed by atoms with Gasteiger partial charge >= 0.3 is 18.2 Å². The number of anilines is 3. The van der Waals surface area contributed by atoms with Crippen LogP contribution in [0.5, 0.6) is 5.75 Å². The number of amides is 10. The molecule has 7 aromatic rings. The lowest BCUT2D eigenvalue weighted by atomic mass is 10.0. The molecule has 91 heavy (non-hydrogen) atoms. The third kappa shape index (κ3) is 17.7. The Kier molecular flexibility index (Phi) is 22.9. The second-order valence-corrected chi connectivity index (χ2v) is 22.4. The van der Waals surface area contributed by atoms with E-state index in [9.17, 15) is 43.2 Å². The molecule has 10 amide bonds. The third-order valence-electron chi connectivity index (χ3n) is 14.5. The van der Waals surface area contributed by atoms with Gasteiger partial charge in [0.15, 0.2) is 11.4 Å². The van der Waals surface area contributed by atoms with Crippen molar-refractivity contribution in [3.05, 3.63) is 100 Å². The predicted molar refractivity (Wildman–Crippen MR) is 337 cm³/mol. The Bertz CT molecular complexity index is 3830. The number of likely N-dealkylation sites (N-methyl/N-ethyl adjacent to an activating group) is 2. The highest BCUT2D eigenvalue weighted by atomic mass is 16.6. The molecule has 0 aliphatic rings. The Labute approximate surface area is 524 Å². The molecule has 0 aliphatic carbocycles. The van der Waals surface area contributed by atoms with Crippen molar-refractivity contribution >= 4 is 93.4 Å². The second kappa shape index (κ2) is 30.6. The number of fused-ring (bicyclic) bond motifs is 2. The summed E-state index contributed by atoms with van der Waals surface area (Å²) in [4.78, 5) is 135. The number of unbranched alkanes of at least 4 members (excludes halogenated alkanes) is 1. The first-order valence-electron chi connectivity index (χ1n) is 29.8. The highest BCUT2D eigenvalue weighted by molar-refractivity contribution is 6.05. The van der Waals surface area contributed by atoms with Crippen LogP contribution in [0.25, 0.3) is 22.2 Å². The Hall–Kier alpha value is -10.5. The van der Waals surface area contributed by atoms with Gasteiger partial charge in [0.2, 0.25) is 35.5 Å². The van der Waals surface area contributed by atoms with Crippen molar-refractivity contribution < 1.29 is 52.6 Å². The maximum atomic E-state index is 14.0. The van der Waals surface area contributed by atoms with Crippen molar-refractivity contribution in [1.29, 1.82) is 0 Å². The van der Waals surface area contributed by atoms with Gasteiger partial charge in [-0.25, -0.2) is 29.3 Å². The van der Waals surface area contributed by atoms with Gasteiger partial charge in [0.05, 0.1) is 28.5 Å². The van der Waals surface area contributed by atoms with Crippen LogP contribution in [0.1, 0.15) is 126 Å². The standard InChI is InChI=1S/C60H80N20O11/c1-11-79-44(26-35(7)73-79)53(84)71-57-69-42-28-38(49(61)81)30-46(48(42)77(57)22-13-14-23-78-51-43(29-39(31-65-51)50(62)82)70-58(78)72-54(85)45-27-36(8)74-80(45)12-2)91-60(89)76(10)25-24-75(9)59(88)90-32-37-17-19-40(20-18-37)67-52(83)41(16-15-21-64-56(63)87)68-55(86)47(33(3)4)66-34(5)6/h17-20,26-31,33-34,41,47,66H,11-16,21-25,32H2,1-10H3,(H2,61,81)(H2,62,82)(H,67,83)(H,68,86)(H3,63,64,87)(H,69,71,84)(H,70,72,85)/t41-,47-/m0/s1. The average Bonchev–Trinajstić information content (AvgIpc) is 1.81. The molecule has 0 saturated carbocycles. The number of aryl methyl sites for hydroxylation is 6. The summed E-state index contributed by atoms with van der Waals surface area (Å²) < 4.78 is 18.0. The molecule has 12 N–H and O–H groups in total. The summed E-state index contributed by atoms with van der Waals surface area (Å²) in [6, 6.07) is 11.8. The van der Waals surface area contributed by atoms with Crippen molar-refractivity contribution in [2.24, 2.45) is 23.1 Å². The van der Waals surface area contributed by atoms with Gasteiger partial charge in [0, 0.05) is 83.4 Å². The average molecular weight is 1260 g/mol. The van der Waals surface area contributed by atoms with E-state index < -0.39 is 59.8 Å². The van der Waals surface area contributed by atoms with E-state index in [0.717, 1.165) is 0 Å². The molecule has 5 heterocycles. The monoisotopic (exact) mass is 1260 g/mol. The minimum absolute atomic E-state index is 0.00911. The molecule has 0 bridgehead atoms. The lowest BCUT2D eigenvalue weighted by molar-refractivity contribution is -0.129.